The van der Waals surface area contributed by atoms with Crippen LogP contribution in [0.1, 0.15) is 30.1 Å². The Morgan fingerprint density at radius 3 is 2.61 bits per heavy atom. The number of carbonyl (C=O) groups is 1. The van der Waals surface area contributed by atoms with E-state index in [-0.39, 0.29) is 11.7 Å². The van der Waals surface area contributed by atoms with Crippen LogP contribution in [0.15, 0.2) is 42.5 Å². The van der Waals surface area contributed by atoms with Gasteiger partial charge in [0.25, 0.3) is 0 Å². The summed E-state index contributed by atoms with van der Waals surface area (Å²) in [5.74, 6) is 0.487. The topological polar surface area (TPSA) is 43.1 Å². The Morgan fingerprint density at radius 2 is 1.89 bits per heavy atom. The van der Waals surface area contributed by atoms with Gasteiger partial charge in [-0.25, -0.2) is 0 Å². The third kappa shape index (κ3) is 2.59. The zero-order valence-electron chi connectivity index (χ0n) is 10.7. The van der Waals surface area contributed by atoms with E-state index in [1.807, 2.05) is 42.5 Å². The number of carbonyl (C=O) groups excluding carboxylic acids is 1. The van der Waals surface area contributed by atoms with Gasteiger partial charge >= 0.3 is 0 Å². The van der Waals surface area contributed by atoms with Gasteiger partial charge in [-0.15, -0.1) is 0 Å². The number of hydrogen-bond donors (Lipinski definition) is 1. The molecule has 18 heavy (non-hydrogen) atoms. The molecule has 0 radical (unpaired) electrons. The molecule has 0 spiro atoms. The number of hydrogen-bond acceptors (Lipinski definition) is 2. The minimum atomic E-state index is 0.198. The van der Waals surface area contributed by atoms with Crippen molar-refractivity contribution in [2.45, 2.75) is 19.8 Å². The van der Waals surface area contributed by atoms with Gasteiger partial charge < -0.3 is 5.73 Å². The first-order chi connectivity index (χ1) is 8.76. The molecule has 2 aromatic carbocycles. The predicted octanol–water partition coefficient (Wildman–Crippen LogP) is 3.40. The lowest BCUT2D eigenvalue weighted by Crippen LogP contribution is -2.17. The number of rotatable bonds is 5. The van der Waals surface area contributed by atoms with Crippen molar-refractivity contribution >= 4 is 16.6 Å². The summed E-state index contributed by atoms with van der Waals surface area (Å²) in [7, 11) is 0. The molecule has 0 aliphatic carbocycles. The van der Waals surface area contributed by atoms with Gasteiger partial charge in [0, 0.05) is 12.0 Å². The Balaban J connectivity index is 2.33. The quantitative estimate of drug-likeness (QED) is 0.815. The zero-order valence-corrected chi connectivity index (χ0v) is 10.7. The summed E-state index contributed by atoms with van der Waals surface area (Å²) in [6.07, 6.45) is 1.49. The molecule has 1 unspecified atom stereocenters. The summed E-state index contributed by atoms with van der Waals surface area (Å²) < 4.78 is 0. The average molecular weight is 241 g/mol. The van der Waals surface area contributed by atoms with Crippen LogP contribution in [0.4, 0.5) is 0 Å². The van der Waals surface area contributed by atoms with Crippen molar-refractivity contribution < 1.29 is 4.79 Å². The second kappa shape index (κ2) is 5.78. The van der Waals surface area contributed by atoms with Crippen LogP contribution in [0.3, 0.4) is 0 Å². The van der Waals surface area contributed by atoms with Gasteiger partial charge in [0.1, 0.15) is 0 Å². The first kappa shape index (κ1) is 12.8. The molecule has 0 fully saturated rings. The monoisotopic (exact) mass is 241 g/mol. The number of fused-ring (bicyclic) bond motifs is 1. The number of ketones is 1. The van der Waals surface area contributed by atoms with Crippen LogP contribution in [-0.4, -0.2) is 12.3 Å². The van der Waals surface area contributed by atoms with Gasteiger partial charge in [0.15, 0.2) is 5.78 Å². The predicted molar refractivity (Wildman–Crippen MR) is 75.7 cm³/mol. The summed E-state index contributed by atoms with van der Waals surface area (Å²) in [6.45, 7) is 2.65. The van der Waals surface area contributed by atoms with Gasteiger partial charge in [-0.05, 0) is 23.2 Å². The molecule has 94 valence electrons. The molecule has 0 aromatic heterocycles. The van der Waals surface area contributed by atoms with E-state index in [0.29, 0.717) is 13.0 Å². The molecule has 0 saturated carbocycles. The highest BCUT2D eigenvalue weighted by Gasteiger charge is 2.14. The summed E-state index contributed by atoms with van der Waals surface area (Å²) in [4.78, 5) is 12.3. The van der Waals surface area contributed by atoms with Gasteiger partial charge in [-0.2, -0.15) is 0 Å². The van der Waals surface area contributed by atoms with E-state index in [2.05, 4.69) is 6.92 Å². The van der Waals surface area contributed by atoms with Crippen LogP contribution < -0.4 is 5.73 Å². The van der Waals surface area contributed by atoms with E-state index in [9.17, 15) is 4.79 Å². The van der Waals surface area contributed by atoms with E-state index in [1.165, 1.54) is 0 Å². The lowest BCUT2D eigenvalue weighted by atomic mass is 9.93. The zero-order chi connectivity index (χ0) is 13.0. The Labute approximate surface area is 108 Å². The fraction of sp³-hybridized carbons (Fsp3) is 0.312. The molecule has 0 heterocycles. The molecule has 0 amide bonds. The maximum absolute atomic E-state index is 12.3. The summed E-state index contributed by atoms with van der Waals surface area (Å²) in [5.41, 5.74) is 6.49. The molecule has 0 saturated heterocycles. The lowest BCUT2D eigenvalue weighted by molar-refractivity contribution is 0.0963. The lowest BCUT2D eigenvalue weighted by Gasteiger charge is -2.12. The summed E-state index contributed by atoms with van der Waals surface area (Å²) in [5, 5.41) is 2.15. The Kier molecular flexibility index (Phi) is 4.11. The second-order valence-electron chi connectivity index (χ2n) is 4.66. The van der Waals surface area contributed by atoms with Crippen molar-refractivity contribution in [3.63, 3.8) is 0 Å². The van der Waals surface area contributed by atoms with Crippen LogP contribution in [0.25, 0.3) is 10.8 Å². The third-order valence-electron chi connectivity index (χ3n) is 3.47. The highest BCUT2D eigenvalue weighted by molar-refractivity contribution is 6.08. The number of nitrogens with two attached hydrogens (primary N) is 1. The molecule has 0 aliphatic heterocycles. The molecule has 2 heteroatoms. The SMILES string of the molecule is CCC(CN)CC(=O)c1cccc2ccccc12. The van der Waals surface area contributed by atoms with Crippen molar-refractivity contribution in [3.8, 4) is 0 Å². The standard InChI is InChI=1S/C16H19NO/c1-2-12(11-17)10-16(18)15-9-5-7-13-6-3-4-8-14(13)15/h3-9,12H,2,10-11,17H2,1H3. The number of Topliss-reactive ketones (excluding diaryl/α,β-unsaturated/α-hetero) is 1. The molecular formula is C16H19NO. The normalized spacial score (nSPS) is 12.6. The molecule has 2 rings (SSSR count). The van der Waals surface area contributed by atoms with Crippen molar-refractivity contribution in [2.24, 2.45) is 11.7 Å². The minimum absolute atomic E-state index is 0.198. The Hall–Kier alpha value is -1.67. The highest BCUT2D eigenvalue weighted by atomic mass is 16.1. The van der Waals surface area contributed by atoms with E-state index in [4.69, 9.17) is 5.73 Å². The molecule has 2 nitrogen and oxygen atoms in total. The smallest absolute Gasteiger partial charge is 0.163 e. The maximum Gasteiger partial charge on any atom is 0.163 e. The van der Waals surface area contributed by atoms with E-state index >= 15 is 0 Å². The van der Waals surface area contributed by atoms with Gasteiger partial charge in [0.2, 0.25) is 0 Å². The van der Waals surface area contributed by atoms with E-state index in [1.54, 1.807) is 0 Å². The van der Waals surface area contributed by atoms with Crippen molar-refractivity contribution in [1.82, 2.24) is 0 Å². The van der Waals surface area contributed by atoms with Crippen LogP contribution in [0.5, 0.6) is 0 Å². The average Bonchev–Trinajstić information content (AvgIpc) is 2.43. The number of benzene rings is 2. The van der Waals surface area contributed by atoms with Crippen molar-refractivity contribution in [2.75, 3.05) is 6.54 Å². The molecule has 0 aliphatic rings. The van der Waals surface area contributed by atoms with Gasteiger partial charge in [-0.1, -0.05) is 55.8 Å². The van der Waals surface area contributed by atoms with Gasteiger partial charge in [-0.3, -0.25) is 4.79 Å². The summed E-state index contributed by atoms with van der Waals surface area (Å²) >= 11 is 0. The Bertz CT molecular complexity index is 538. The van der Waals surface area contributed by atoms with Crippen molar-refractivity contribution in [3.05, 3.63) is 48.0 Å². The third-order valence-corrected chi connectivity index (χ3v) is 3.47. The van der Waals surface area contributed by atoms with Crippen LogP contribution >= 0.6 is 0 Å². The van der Waals surface area contributed by atoms with Gasteiger partial charge in [0.05, 0.1) is 0 Å². The first-order valence-corrected chi connectivity index (χ1v) is 6.47. The summed E-state index contributed by atoms with van der Waals surface area (Å²) in [6, 6.07) is 13.9. The Morgan fingerprint density at radius 1 is 1.17 bits per heavy atom. The van der Waals surface area contributed by atoms with Crippen molar-refractivity contribution in [1.29, 1.82) is 0 Å². The largest absolute Gasteiger partial charge is 0.330 e. The molecule has 1 atom stereocenters. The van der Waals surface area contributed by atoms with E-state index < -0.39 is 0 Å². The molecule has 0 bridgehead atoms. The highest BCUT2D eigenvalue weighted by Crippen LogP contribution is 2.21. The minimum Gasteiger partial charge on any atom is -0.330 e. The van der Waals surface area contributed by atoms with Crippen LogP contribution in [0.2, 0.25) is 0 Å². The molecule has 2 aromatic rings. The van der Waals surface area contributed by atoms with Crippen LogP contribution in [0, 0.1) is 5.92 Å². The second-order valence-corrected chi connectivity index (χ2v) is 4.66. The fourth-order valence-corrected chi connectivity index (χ4v) is 2.24. The van der Waals surface area contributed by atoms with Crippen LogP contribution in [-0.2, 0) is 0 Å². The molecular weight excluding hydrogens is 222 g/mol. The fourth-order valence-electron chi connectivity index (χ4n) is 2.24. The maximum atomic E-state index is 12.3. The van der Waals surface area contributed by atoms with E-state index in [0.717, 1.165) is 22.8 Å². The molecule has 2 N–H and O–H groups in total. The first-order valence-electron chi connectivity index (χ1n) is 6.47.